The summed E-state index contributed by atoms with van der Waals surface area (Å²) in [6.45, 7) is 4.34. The molecule has 1 aromatic carbocycles. The van der Waals surface area contributed by atoms with Gasteiger partial charge in [-0.2, -0.15) is 8.42 Å². The van der Waals surface area contributed by atoms with E-state index in [4.69, 9.17) is 0 Å². The zero-order valence-electron chi connectivity index (χ0n) is 9.93. The zero-order chi connectivity index (χ0) is 12.2. The predicted octanol–water partition coefficient (Wildman–Crippen LogP) is 2.61. The average molecular weight is 242 g/mol. The first-order valence-electron chi connectivity index (χ1n) is 5.35. The minimum atomic E-state index is -3.55. The van der Waals surface area contributed by atoms with E-state index in [0.29, 0.717) is 5.92 Å². The normalized spacial score (nSPS) is 12.0. The molecule has 4 heteroatoms. The summed E-state index contributed by atoms with van der Waals surface area (Å²) in [5, 5.41) is 0. The smallest absolute Gasteiger partial charge is 0.270 e. The van der Waals surface area contributed by atoms with Gasteiger partial charge in [0.1, 0.15) is 0 Å². The second-order valence-electron chi connectivity index (χ2n) is 4.20. The molecule has 0 fully saturated rings. The van der Waals surface area contributed by atoms with E-state index in [2.05, 4.69) is 18.0 Å². The molecule has 0 saturated heterocycles. The lowest BCUT2D eigenvalue weighted by Gasteiger charge is -2.06. The Morgan fingerprint density at radius 1 is 1.19 bits per heavy atom. The SMILES string of the molecule is COS(=O)(=O)c1ccc(CCC(C)C)cc1. The third-order valence-electron chi connectivity index (χ3n) is 2.44. The fourth-order valence-electron chi connectivity index (χ4n) is 1.37. The molecule has 90 valence electrons. The van der Waals surface area contributed by atoms with Crippen LogP contribution in [-0.2, 0) is 20.7 Å². The highest BCUT2D eigenvalue weighted by Gasteiger charge is 2.11. The summed E-state index contributed by atoms with van der Waals surface area (Å²) in [6.07, 6.45) is 2.08. The Bertz CT molecular complexity index is 418. The molecule has 0 aliphatic heterocycles. The first kappa shape index (κ1) is 13.2. The molecule has 0 heterocycles. The second kappa shape index (κ2) is 5.46. The van der Waals surface area contributed by atoms with Crippen LogP contribution in [0.2, 0.25) is 0 Å². The first-order valence-corrected chi connectivity index (χ1v) is 6.76. The summed E-state index contributed by atoms with van der Waals surface area (Å²) >= 11 is 0. The van der Waals surface area contributed by atoms with Gasteiger partial charge in [-0.25, -0.2) is 0 Å². The molecule has 0 aromatic heterocycles. The fraction of sp³-hybridized carbons (Fsp3) is 0.500. The Morgan fingerprint density at radius 2 is 1.75 bits per heavy atom. The Kier molecular flexibility index (Phi) is 4.50. The number of benzene rings is 1. The molecule has 0 atom stereocenters. The van der Waals surface area contributed by atoms with Gasteiger partial charge in [0.25, 0.3) is 10.1 Å². The van der Waals surface area contributed by atoms with Crippen molar-refractivity contribution in [2.45, 2.75) is 31.6 Å². The van der Waals surface area contributed by atoms with Crippen LogP contribution in [-0.4, -0.2) is 15.5 Å². The highest BCUT2D eigenvalue weighted by Crippen LogP contribution is 2.15. The van der Waals surface area contributed by atoms with Crippen molar-refractivity contribution in [1.82, 2.24) is 0 Å². The van der Waals surface area contributed by atoms with Crippen LogP contribution in [0.4, 0.5) is 0 Å². The maximum atomic E-state index is 11.4. The van der Waals surface area contributed by atoms with Crippen LogP contribution in [0.15, 0.2) is 29.2 Å². The quantitative estimate of drug-likeness (QED) is 0.745. The van der Waals surface area contributed by atoms with Crippen LogP contribution in [0.5, 0.6) is 0 Å². The van der Waals surface area contributed by atoms with Gasteiger partial charge in [-0.15, -0.1) is 0 Å². The van der Waals surface area contributed by atoms with Gasteiger partial charge in [-0.1, -0.05) is 26.0 Å². The lowest BCUT2D eigenvalue weighted by Crippen LogP contribution is -2.02. The molecule has 0 bridgehead atoms. The van der Waals surface area contributed by atoms with Crippen molar-refractivity contribution in [3.63, 3.8) is 0 Å². The van der Waals surface area contributed by atoms with Crippen LogP contribution in [0, 0.1) is 5.92 Å². The van der Waals surface area contributed by atoms with Crippen molar-refractivity contribution in [2.24, 2.45) is 5.92 Å². The summed E-state index contributed by atoms with van der Waals surface area (Å²) in [5.41, 5.74) is 1.16. The maximum Gasteiger partial charge on any atom is 0.296 e. The van der Waals surface area contributed by atoms with Crippen molar-refractivity contribution in [1.29, 1.82) is 0 Å². The Hall–Kier alpha value is -0.870. The average Bonchev–Trinajstić information content (AvgIpc) is 2.27. The van der Waals surface area contributed by atoms with E-state index in [0.717, 1.165) is 18.4 Å². The Morgan fingerprint density at radius 3 is 2.19 bits per heavy atom. The highest BCUT2D eigenvalue weighted by atomic mass is 32.2. The summed E-state index contributed by atoms with van der Waals surface area (Å²) < 4.78 is 27.1. The van der Waals surface area contributed by atoms with Gasteiger partial charge in [-0.3, -0.25) is 4.18 Å². The lowest BCUT2D eigenvalue weighted by molar-refractivity contribution is 0.397. The maximum absolute atomic E-state index is 11.4. The van der Waals surface area contributed by atoms with Crippen LogP contribution >= 0.6 is 0 Å². The van der Waals surface area contributed by atoms with Crippen LogP contribution in [0.1, 0.15) is 25.8 Å². The number of aryl methyl sites for hydroxylation is 1. The molecule has 0 aliphatic rings. The molecule has 0 radical (unpaired) electrons. The van der Waals surface area contributed by atoms with E-state index in [9.17, 15) is 8.42 Å². The topological polar surface area (TPSA) is 43.4 Å². The predicted molar refractivity (Wildman–Crippen MR) is 63.8 cm³/mol. The summed E-state index contributed by atoms with van der Waals surface area (Å²) in [5.74, 6) is 0.655. The van der Waals surface area contributed by atoms with Gasteiger partial charge >= 0.3 is 0 Å². The van der Waals surface area contributed by atoms with Gasteiger partial charge in [0.15, 0.2) is 0 Å². The van der Waals surface area contributed by atoms with Gasteiger partial charge < -0.3 is 0 Å². The first-order chi connectivity index (χ1) is 7.45. The molecular formula is C12H18O3S. The lowest BCUT2D eigenvalue weighted by atomic mass is 10.0. The molecule has 0 spiro atoms. The van der Waals surface area contributed by atoms with E-state index < -0.39 is 10.1 Å². The molecule has 0 saturated carbocycles. The van der Waals surface area contributed by atoms with Crippen LogP contribution < -0.4 is 0 Å². The van der Waals surface area contributed by atoms with E-state index in [1.807, 2.05) is 12.1 Å². The minimum absolute atomic E-state index is 0.211. The van der Waals surface area contributed by atoms with Crippen molar-refractivity contribution in [3.8, 4) is 0 Å². The van der Waals surface area contributed by atoms with Crippen molar-refractivity contribution in [2.75, 3.05) is 7.11 Å². The molecule has 0 aliphatic carbocycles. The minimum Gasteiger partial charge on any atom is -0.270 e. The fourth-order valence-corrected chi connectivity index (χ4v) is 2.04. The number of rotatable bonds is 5. The summed E-state index contributed by atoms with van der Waals surface area (Å²) in [4.78, 5) is 0.211. The second-order valence-corrected chi connectivity index (χ2v) is 5.91. The number of hydrogen-bond donors (Lipinski definition) is 0. The molecule has 0 N–H and O–H groups in total. The largest absolute Gasteiger partial charge is 0.296 e. The van der Waals surface area contributed by atoms with Crippen molar-refractivity contribution in [3.05, 3.63) is 29.8 Å². The van der Waals surface area contributed by atoms with Crippen LogP contribution in [0.25, 0.3) is 0 Å². The van der Waals surface area contributed by atoms with Gasteiger partial charge in [-0.05, 0) is 36.5 Å². The molecule has 0 unspecified atom stereocenters. The van der Waals surface area contributed by atoms with Gasteiger partial charge in [0, 0.05) is 0 Å². The molecular weight excluding hydrogens is 224 g/mol. The molecule has 3 nitrogen and oxygen atoms in total. The van der Waals surface area contributed by atoms with Crippen molar-refractivity contribution >= 4 is 10.1 Å². The Labute approximate surface area is 97.6 Å². The monoisotopic (exact) mass is 242 g/mol. The highest BCUT2D eigenvalue weighted by molar-refractivity contribution is 7.86. The van der Waals surface area contributed by atoms with Crippen LogP contribution in [0.3, 0.4) is 0 Å². The third kappa shape index (κ3) is 3.61. The van der Waals surface area contributed by atoms with Gasteiger partial charge in [0.05, 0.1) is 12.0 Å². The van der Waals surface area contributed by atoms with E-state index in [1.54, 1.807) is 12.1 Å². The van der Waals surface area contributed by atoms with E-state index in [1.165, 1.54) is 7.11 Å². The molecule has 0 amide bonds. The standard InChI is InChI=1S/C12H18O3S/c1-10(2)4-5-11-6-8-12(9-7-11)16(13,14)15-3/h6-10H,4-5H2,1-3H3. The van der Waals surface area contributed by atoms with E-state index in [-0.39, 0.29) is 4.90 Å². The Balaban J connectivity index is 2.76. The third-order valence-corrected chi connectivity index (χ3v) is 3.73. The van der Waals surface area contributed by atoms with Crippen molar-refractivity contribution < 1.29 is 12.6 Å². The van der Waals surface area contributed by atoms with Gasteiger partial charge in [0.2, 0.25) is 0 Å². The zero-order valence-corrected chi connectivity index (χ0v) is 10.8. The summed E-state index contributed by atoms with van der Waals surface area (Å²) in [7, 11) is -2.38. The number of hydrogen-bond acceptors (Lipinski definition) is 3. The van der Waals surface area contributed by atoms with E-state index >= 15 is 0 Å². The summed E-state index contributed by atoms with van der Waals surface area (Å²) in [6, 6.07) is 6.87. The molecule has 16 heavy (non-hydrogen) atoms. The molecule has 1 rings (SSSR count). The molecule has 1 aromatic rings.